The molecular formula is C8H16O2Si. The van der Waals surface area contributed by atoms with Crippen molar-refractivity contribution in [2.75, 3.05) is 0 Å². The van der Waals surface area contributed by atoms with Crippen LogP contribution in [-0.2, 0) is 4.79 Å². The highest BCUT2D eigenvalue weighted by molar-refractivity contribution is 6.76. The zero-order valence-corrected chi connectivity index (χ0v) is 8.64. The van der Waals surface area contributed by atoms with Crippen molar-refractivity contribution in [1.29, 1.82) is 0 Å². The average molecular weight is 172 g/mol. The molecule has 1 N–H and O–H groups in total. The maximum atomic E-state index is 10.2. The van der Waals surface area contributed by atoms with Crippen LogP contribution in [0.3, 0.4) is 0 Å². The lowest BCUT2D eigenvalue weighted by molar-refractivity contribution is -0.131. The van der Waals surface area contributed by atoms with Crippen LogP contribution >= 0.6 is 0 Å². The highest BCUT2D eigenvalue weighted by Gasteiger charge is 2.13. The van der Waals surface area contributed by atoms with E-state index in [1.54, 1.807) is 0 Å². The summed E-state index contributed by atoms with van der Waals surface area (Å²) in [6.07, 6.45) is 1.30. The van der Waals surface area contributed by atoms with Gasteiger partial charge in [-0.2, -0.15) is 0 Å². The fraction of sp³-hybridized carbons (Fsp3) is 0.625. The Balaban J connectivity index is 4.07. The number of carbonyl (C=O) groups is 1. The molecule has 0 aromatic rings. The number of hydrogen-bond donors (Lipinski definition) is 1. The first-order valence-corrected chi connectivity index (χ1v) is 7.42. The molecular weight excluding hydrogens is 156 g/mol. The van der Waals surface area contributed by atoms with Crippen molar-refractivity contribution in [3.05, 3.63) is 11.6 Å². The van der Waals surface area contributed by atoms with Gasteiger partial charge in [-0.25, -0.2) is 4.79 Å². The summed E-state index contributed by atoms with van der Waals surface area (Å²) in [5.74, 6) is -0.833. The number of carboxylic acids is 1. The predicted octanol–water partition coefficient (Wildman–Crippen LogP) is 2.36. The molecule has 11 heavy (non-hydrogen) atoms. The van der Waals surface area contributed by atoms with E-state index < -0.39 is 14.0 Å². The van der Waals surface area contributed by atoms with Crippen molar-refractivity contribution in [3.8, 4) is 0 Å². The van der Waals surface area contributed by atoms with Gasteiger partial charge in [0, 0.05) is 14.1 Å². The predicted molar refractivity (Wildman–Crippen MR) is 49.5 cm³/mol. The van der Waals surface area contributed by atoms with E-state index in [1.165, 1.54) is 6.08 Å². The van der Waals surface area contributed by atoms with E-state index in [-0.39, 0.29) is 0 Å². The molecule has 0 saturated heterocycles. The van der Waals surface area contributed by atoms with Crippen LogP contribution in [0.4, 0.5) is 0 Å². The highest BCUT2D eigenvalue weighted by Crippen LogP contribution is 2.14. The van der Waals surface area contributed by atoms with Gasteiger partial charge in [0.15, 0.2) is 0 Å². The highest BCUT2D eigenvalue weighted by atomic mass is 28.3. The van der Waals surface area contributed by atoms with Crippen LogP contribution in [0.15, 0.2) is 11.6 Å². The monoisotopic (exact) mass is 172 g/mol. The van der Waals surface area contributed by atoms with Crippen LogP contribution < -0.4 is 0 Å². The minimum Gasteiger partial charge on any atom is -0.478 e. The Hall–Kier alpha value is -0.573. The summed E-state index contributed by atoms with van der Waals surface area (Å²) in [5, 5.41) is 8.42. The summed E-state index contributed by atoms with van der Waals surface area (Å²) < 4.78 is 0. The van der Waals surface area contributed by atoms with E-state index in [2.05, 4.69) is 19.6 Å². The SMILES string of the molecule is C/C(=C\C(=O)O)C[Si](C)(C)C. The number of carboxylic acid groups (broad SMARTS) is 1. The maximum Gasteiger partial charge on any atom is 0.328 e. The second-order valence-electron chi connectivity index (χ2n) is 4.07. The number of allylic oxidation sites excluding steroid dienone is 1. The van der Waals surface area contributed by atoms with E-state index in [1.807, 2.05) is 6.92 Å². The first-order valence-electron chi connectivity index (χ1n) is 3.71. The van der Waals surface area contributed by atoms with E-state index >= 15 is 0 Å². The number of aliphatic carboxylic acids is 1. The molecule has 0 fully saturated rings. The fourth-order valence-corrected chi connectivity index (χ4v) is 2.87. The number of rotatable bonds is 3. The molecule has 0 spiro atoms. The van der Waals surface area contributed by atoms with E-state index in [0.717, 1.165) is 11.6 Å². The molecule has 0 aromatic heterocycles. The molecule has 0 radical (unpaired) electrons. The Kier molecular flexibility index (Phi) is 3.52. The topological polar surface area (TPSA) is 37.3 Å². The van der Waals surface area contributed by atoms with Gasteiger partial charge in [-0.1, -0.05) is 25.2 Å². The van der Waals surface area contributed by atoms with Crippen LogP contribution in [0.1, 0.15) is 6.92 Å². The lowest BCUT2D eigenvalue weighted by Crippen LogP contribution is -2.19. The Morgan fingerprint density at radius 3 is 2.18 bits per heavy atom. The summed E-state index contributed by atoms with van der Waals surface area (Å²) >= 11 is 0. The fourth-order valence-electron chi connectivity index (χ4n) is 1.10. The van der Waals surface area contributed by atoms with Gasteiger partial charge in [-0.05, 0) is 13.0 Å². The third kappa shape index (κ3) is 7.32. The van der Waals surface area contributed by atoms with Crippen LogP contribution in [0.2, 0.25) is 25.7 Å². The summed E-state index contributed by atoms with van der Waals surface area (Å²) in [6, 6.07) is 0.972. The first kappa shape index (κ1) is 10.4. The normalized spacial score (nSPS) is 13.3. The first-order chi connectivity index (χ1) is 4.81. The largest absolute Gasteiger partial charge is 0.478 e. The maximum absolute atomic E-state index is 10.2. The van der Waals surface area contributed by atoms with Gasteiger partial charge >= 0.3 is 5.97 Å². The minimum atomic E-state index is -1.12. The molecule has 0 atom stereocenters. The van der Waals surface area contributed by atoms with Gasteiger partial charge in [0.1, 0.15) is 0 Å². The summed E-state index contributed by atoms with van der Waals surface area (Å²) in [7, 11) is -1.12. The van der Waals surface area contributed by atoms with Crippen molar-refractivity contribution in [2.24, 2.45) is 0 Å². The van der Waals surface area contributed by atoms with E-state index in [9.17, 15) is 4.79 Å². The third-order valence-electron chi connectivity index (χ3n) is 1.18. The Morgan fingerprint density at radius 1 is 1.45 bits per heavy atom. The van der Waals surface area contributed by atoms with Gasteiger partial charge in [0.05, 0.1) is 0 Å². The van der Waals surface area contributed by atoms with Crippen molar-refractivity contribution in [2.45, 2.75) is 32.6 Å². The molecule has 0 bridgehead atoms. The Bertz CT molecular complexity index is 177. The Morgan fingerprint density at radius 2 is 1.91 bits per heavy atom. The molecule has 0 aliphatic rings. The van der Waals surface area contributed by atoms with Crippen LogP contribution in [-0.4, -0.2) is 19.1 Å². The quantitative estimate of drug-likeness (QED) is 0.524. The van der Waals surface area contributed by atoms with Gasteiger partial charge < -0.3 is 5.11 Å². The average Bonchev–Trinajstić information content (AvgIpc) is 1.53. The standard InChI is InChI=1S/C8H16O2Si/c1-7(5-8(9)10)6-11(2,3)4/h5H,6H2,1-4H3,(H,9,10)/b7-5+. The summed E-state index contributed by atoms with van der Waals surface area (Å²) in [5.41, 5.74) is 0.983. The van der Waals surface area contributed by atoms with Crippen molar-refractivity contribution in [3.63, 3.8) is 0 Å². The summed E-state index contributed by atoms with van der Waals surface area (Å²) in [6.45, 7) is 8.57. The molecule has 0 saturated carbocycles. The van der Waals surface area contributed by atoms with Crippen LogP contribution in [0.5, 0.6) is 0 Å². The lowest BCUT2D eigenvalue weighted by atomic mass is 10.3. The number of hydrogen-bond acceptors (Lipinski definition) is 1. The smallest absolute Gasteiger partial charge is 0.328 e. The van der Waals surface area contributed by atoms with Gasteiger partial charge in [0.2, 0.25) is 0 Å². The zero-order chi connectivity index (χ0) is 9.07. The molecule has 0 heterocycles. The Labute approximate surface area is 68.9 Å². The lowest BCUT2D eigenvalue weighted by Gasteiger charge is -2.15. The van der Waals surface area contributed by atoms with Gasteiger partial charge in [-0.3, -0.25) is 0 Å². The molecule has 0 aliphatic carbocycles. The molecule has 3 heteroatoms. The molecule has 64 valence electrons. The molecule has 0 aromatic carbocycles. The molecule has 2 nitrogen and oxygen atoms in total. The molecule has 0 aliphatic heterocycles. The molecule has 0 rings (SSSR count). The van der Waals surface area contributed by atoms with Crippen molar-refractivity contribution >= 4 is 14.0 Å². The van der Waals surface area contributed by atoms with Gasteiger partial charge in [0.25, 0.3) is 0 Å². The molecule has 0 amide bonds. The van der Waals surface area contributed by atoms with Crippen LogP contribution in [0.25, 0.3) is 0 Å². The second-order valence-corrected chi connectivity index (χ2v) is 9.54. The molecule has 0 unspecified atom stereocenters. The van der Waals surface area contributed by atoms with E-state index in [4.69, 9.17) is 5.11 Å². The second kappa shape index (κ2) is 3.71. The van der Waals surface area contributed by atoms with Crippen molar-refractivity contribution in [1.82, 2.24) is 0 Å². The van der Waals surface area contributed by atoms with Gasteiger partial charge in [-0.15, -0.1) is 0 Å². The third-order valence-corrected chi connectivity index (χ3v) is 2.80. The zero-order valence-electron chi connectivity index (χ0n) is 7.64. The summed E-state index contributed by atoms with van der Waals surface area (Å²) in [4.78, 5) is 10.2. The minimum absolute atomic E-state index is 0.833. The van der Waals surface area contributed by atoms with Crippen molar-refractivity contribution < 1.29 is 9.90 Å². The van der Waals surface area contributed by atoms with Crippen LogP contribution in [0, 0.1) is 0 Å². The van der Waals surface area contributed by atoms with E-state index in [0.29, 0.717) is 0 Å².